The topological polar surface area (TPSA) is 88.4 Å². The van der Waals surface area contributed by atoms with Gasteiger partial charge in [-0.3, -0.25) is 14.9 Å². The van der Waals surface area contributed by atoms with Crippen molar-refractivity contribution >= 4 is 28.8 Å². The number of benzene rings is 2. The zero-order valence-electron chi connectivity index (χ0n) is 15.3. The van der Waals surface area contributed by atoms with Crippen LogP contribution in [0.5, 0.6) is 0 Å². The van der Waals surface area contributed by atoms with Crippen LogP contribution in [0.3, 0.4) is 0 Å². The van der Waals surface area contributed by atoms with E-state index in [9.17, 15) is 14.9 Å². The van der Waals surface area contributed by atoms with E-state index >= 15 is 0 Å². The number of aromatic nitrogens is 1. The van der Waals surface area contributed by atoms with Crippen LogP contribution in [-0.4, -0.2) is 22.4 Å². The van der Waals surface area contributed by atoms with Crippen LogP contribution < -0.4 is 10.2 Å². The maximum Gasteiger partial charge on any atom is 0.295 e. The van der Waals surface area contributed by atoms with Crippen LogP contribution in [0.1, 0.15) is 12.5 Å². The third-order valence-corrected chi connectivity index (χ3v) is 4.75. The molecule has 3 aromatic rings. The number of carbonyl (C=O) groups is 1. The van der Waals surface area contributed by atoms with Crippen LogP contribution in [0.25, 0.3) is 11.3 Å². The molecule has 0 saturated carbocycles. The van der Waals surface area contributed by atoms with E-state index < -0.39 is 4.92 Å². The SMILES string of the molecule is CC(=O)N1CCc2cc(Nc3ccc([N+](=O)[O-])c(-c4ccccc4)n3)ccc21. The van der Waals surface area contributed by atoms with Crippen molar-refractivity contribution in [3.63, 3.8) is 0 Å². The van der Waals surface area contributed by atoms with Gasteiger partial charge in [-0.05, 0) is 36.2 Å². The summed E-state index contributed by atoms with van der Waals surface area (Å²) < 4.78 is 0. The summed E-state index contributed by atoms with van der Waals surface area (Å²) in [4.78, 5) is 28.9. The predicted molar refractivity (Wildman–Crippen MR) is 108 cm³/mol. The first kappa shape index (κ1) is 17.7. The van der Waals surface area contributed by atoms with Gasteiger partial charge in [0, 0.05) is 36.5 Å². The normalized spacial score (nSPS) is 12.5. The van der Waals surface area contributed by atoms with Gasteiger partial charge in [-0.25, -0.2) is 4.98 Å². The molecular weight excluding hydrogens is 356 g/mol. The molecule has 7 heteroatoms. The molecule has 140 valence electrons. The van der Waals surface area contributed by atoms with E-state index in [4.69, 9.17) is 0 Å². The number of anilines is 3. The monoisotopic (exact) mass is 374 g/mol. The van der Waals surface area contributed by atoms with Crippen molar-refractivity contribution < 1.29 is 9.72 Å². The molecule has 1 aliphatic heterocycles. The molecule has 1 amide bonds. The van der Waals surface area contributed by atoms with Crippen molar-refractivity contribution in [1.82, 2.24) is 4.98 Å². The Balaban J connectivity index is 1.66. The lowest BCUT2D eigenvalue weighted by Crippen LogP contribution is -2.25. The molecule has 0 unspecified atom stereocenters. The quantitative estimate of drug-likeness (QED) is 0.543. The Labute approximate surface area is 161 Å². The lowest BCUT2D eigenvalue weighted by Gasteiger charge is -2.15. The predicted octanol–water partition coefficient (Wildman–Crippen LogP) is 4.31. The molecule has 0 bridgehead atoms. The summed E-state index contributed by atoms with van der Waals surface area (Å²) in [6, 6.07) is 17.9. The Morgan fingerprint density at radius 1 is 1.14 bits per heavy atom. The highest BCUT2D eigenvalue weighted by Crippen LogP contribution is 2.33. The smallest absolute Gasteiger partial charge is 0.295 e. The number of nitrogens with one attached hydrogen (secondary N) is 1. The van der Waals surface area contributed by atoms with Gasteiger partial charge >= 0.3 is 0 Å². The van der Waals surface area contributed by atoms with Crippen LogP contribution in [0.4, 0.5) is 22.9 Å². The van der Waals surface area contributed by atoms with Gasteiger partial charge in [-0.15, -0.1) is 0 Å². The molecule has 0 fully saturated rings. The van der Waals surface area contributed by atoms with E-state index in [1.807, 2.05) is 36.4 Å². The van der Waals surface area contributed by atoms with Gasteiger partial charge < -0.3 is 10.2 Å². The minimum absolute atomic E-state index is 0.0315. The number of nitro groups is 1. The summed E-state index contributed by atoms with van der Waals surface area (Å²) in [5, 5.41) is 14.6. The van der Waals surface area contributed by atoms with Crippen LogP contribution in [-0.2, 0) is 11.2 Å². The minimum Gasteiger partial charge on any atom is -0.340 e. The second-order valence-electron chi connectivity index (χ2n) is 6.58. The van der Waals surface area contributed by atoms with Crippen LogP contribution >= 0.6 is 0 Å². The molecule has 0 spiro atoms. The van der Waals surface area contributed by atoms with E-state index in [0.29, 0.717) is 23.6 Å². The summed E-state index contributed by atoms with van der Waals surface area (Å²) in [5.74, 6) is 0.551. The molecule has 1 N–H and O–H groups in total. The lowest BCUT2D eigenvalue weighted by atomic mass is 10.1. The summed E-state index contributed by atoms with van der Waals surface area (Å²) in [6.07, 6.45) is 0.799. The van der Waals surface area contributed by atoms with Gasteiger partial charge in [0.1, 0.15) is 5.82 Å². The van der Waals surface area contributed by atoms with Gasteiger partial charge in [0.15, 0.2) is 5.69 Å². The summed E-state index contributed by atoms with van der Waals surface area (Å²) >= 11 is 0. The number of nitrogens with zero attached hydrogens (tertiary/aromatic N) is 3. The van der Waals surface area contributed by atoms with Gasteiger partial charge in [0.05, 0.1) is 4.92 Å². The van der Waals surface area contributed by atoms with Crippen LogP contribution in [0.2, 0.25) is 0 Å². The summed E-state index contributed by atoms with van der Waals surface area (Å²) in [7, 11) is 0. The lowest BCUT2D eigenvalue weighted by molar-refractivity contribution is -0.384. The molecule has 1 aromatic heterocycles. The van der Waals surface area contributed by atoms with E-state index in [1.54, 1.807) is 30.0 Å². The van der Waals surface area contributed by atoms with E-state index in [0.717, 1.165) is 23.4 Å². The Bertz CT molecular complexity index is 1070. The molecule has 1 aliphatic rings. The number of amides is 1. The maximum atomic E-state index is 11.7. The molecule has 0 aliphatic carbocycles. The highest BCUT2D eigenvalue weighted by molar-refractivity contribution is 5.94. The first-order chi connectivity index (χ1) is 13.5. The van der Waals surface area contributed by atoms with Gasteiger partial charge in [-0.2, -0.15) is 0 Å². The number of rotatable bonds is 4. The number of pyridine rings is 1. The minimum atomic E-state index is -0.426. The molecule has 4 rings (SSSR count). The third kappa shape index (κ3) is 3.29. The van der Waals surface area contributed by atoms with E-state index in [1.165, 1.54) is 6.07 Å². The van der Waals surface area contributed by atoms with E-state index in [-0.39, 0.29) is 11.6 Å². The third-order valence-electron chi connectivity index (χ3n) is 4.75. The Hall–Kier alpha value is -3.74. The zero-order valence-corrected chi connectivity index (χ0v) is 15.3. The fourth-order valence-electron chi connectivity index (χ4n) is 3.43. The molecule has 0 atom stereocenters. The second-order valence-corrected chi connectivity index (χ2v) is 6.58. The molecule has 2 heterocycles. The summed E-state index contributed by atoms with van der Waals surface area (Å²) in [5.41, 5.74) is 3.81. The number of fused-ring (bicyclic) bond motifs is 1. The maximum absolute atomic E-state index is 11.7. The second kappa shape index (κ2) is 7.11. The first-order valence-corrected chi connectivity index (χ1v) is 8.92. The fraction of sp³-hybridized carbons (Fsp3) is 0.143. The summed E-state index contributed by atoms with van der Waals surface area (Å²) in [6.45, 7) is 2.25. The van der Waals surface area contributed by atoms with E-state index in [2.05, 4.69) is 10.3 Å². The Morgan fingerprint density at radius 3 is 2.64 bits per heavy atom. The highest BCUT2D eigenvalue weighted by Gasteiger charge is 2.22. The molecule has 0 saturated heterocycles. The van der Waals surface area contributed by atoms with Crippen molar-refractivity contribution in [3.8, 4) is 11.3 Å². The van der Waals surface area contributed by atoms with Crippen molar-refractivity contribution in [1.29, 1.82) is 0 Å². The fourth-order valence-corrected chi connectivity index (χ4v) is 3.43. The Morgan fingerprint density at radius 2 is 1.93 bits per heavy atom. The van der Waals surface area contributed by atoms with Gasteiger partial charge in [-0.1, -0.05) is 30.3 Å². The van der Waals surface area contributed by atoms with Gasteiger partial charge in [0.2, 0.25) is 5.91 Å². The average molecular weight is 374 g/mol. The molecular formula is C21H18N4O3. The van der Waals surface area contributed by atoms with Crippen molar-refractivity contribution in [3.05, 3.63) is 76.3 Å². The molecule has 7 nitrogen and oxygen atoms in total. The van der Waals surface area contributed by atoms with Crippen molar-refractivity contribution in [2.45, 2.75) is 13.3 Å². The number of carbonyl (C=O) groups excluding carboxylic acids is 1. The first-order valence-electron chi connectivity index (χ1n) is 8.92. The Kier molecular flexibility index (Phi) is 4.49. The van der Waals surface area contributed by atoms with Crippen molar-refractivity contribution in [2.75, 3.05) is 16.8 Å². The van der Waals surface area contributed by atoms with Crippen molar-refractivity contribution in [2.24, 2.45) is 0 Å². The number of hydrogen-bond donors (Lipinski definition) is 1. The average Bonchev–Trinajstić information content (AvgIpc) is 3.12. The molecule has 0 radical (unpaired) electrons. The highest BCUT2D eigenvalue weighted by atomic mass is 16.6. The molecule has 2 aromatic carbocycles. The van der Waals surface area contributed by atoms with Gasteiger partial charge in [0.25, 0.3) is 5.69 Å². The van der Waals surface area contributed by atoms with Crippen LogP contribution in [0.15, 0.2) is 60.7 Å². The molecule has 28 heavy (non-hydrogen) atoms. The largest absolute Gasteiger partial charge is 0.340 e. The zero-order chi connectivity index (χ0) is 19.7. The van der Waals surface area contributed by atoms with Crippen LogP contribution in [0, 0.1) is 10.1 Å². The standard InChI is InChI=1S/C21H18N4O3/c1-14(26)24-12-11-16-13-17(7-8-18(16)24)22-20-10-9-19(25(27)28)21(23-20)15-5-3-2-4-6-15/h2-10,13H,11-12H2,1H3,(H,22,23). The number of hydrogen-bond acceptors (Lipinski definition) is 5.